The molecule has 9 heavy (non-hydrogen) atoms. The van der Waals surface area contributed by atoms with Gasteiger partial charge in [-0.2, -0.15) is 0 Å². The summed E-state index contributed by atoms with van der Waals surface area (Å²) in [4.78, 5) is 0. The molecule has 1 aromatic rings. The minimum atomic E-state index is 0.776. The minimum Gasteiger partial charge on any atom is -0.354 e. The van der Waals surface area contributed by atoms with Crippen molar-refractivity contribution < 1.29 is 0 Å². The topological polar surface area (TPSA) is 4.93 Å². The molecular weight excluding hydrogens is 109 g/mol. The maximum absolute atomic E-state index is 5.33. The lowest BCUT2D eigenvalue weighted by Gasteiger charge is -1.97. The molecule has 2 radical (unpaired) electrons. The van der Waals surface area contributed by atoms with Crippen LogP contribution in [0.25, 0.3) is 0 Å². The molecule has 0 spiro atoms. The van der Waals surface area contributed by atoms with Crippen LogP contribution in [0.4, 0.5) is 0 Å². The standard InChI is InChI=1S/C7H10BN/c8-4-3-7-9-5-1-2-6-9/h1-2,5-6H,3-4,7H2. The van der Waals surface area contributed by atoms with Crippen molar-refractivity contribution >= 4 is 7.85 Å². The molecule has 1 aromatic heterocycles. The Hall–Kier alpha value is -0.655. The summed E-state index contributed by atoms with van der Waals surface area (Å²) < 4.78 is 2.13. The summed E-state index contributed by atoms with van der Waals surface area (Å²) in [5.74, 6) is 0. The predicted octanol–water partition coefficient (Wildman–Crippen LogP) is 1.46. The Kier molecular flexibility index (Phi) is 2.43. The van der Waals surface area contributed by atoms with Crippen LogP contribution < -0.4 is 0 Å². The predicted molar refractivity (Wildman–Crippen MR) is 39.6 cm³/mol. The Labute approximate surface area is 57.1 Å². The molecule has 0 aliphatic carbocycles. The summed E-state index contributed by atoms with van der Waals surface area (Å²) >= 11 is 0. The van der Waals surface area contributed by atoms with Crippen LogP contribution in [0.3, 0.4) is 0 Å². The lowest BCUT2D eigenvalue weighted by Crippen LogP contribution is -1.92. The quantitative estimate of drug-likeness (QED) is 0.531. The molecule has 46 valence electrons. The molecule has 1 heterocycles. The molecule has 0 atom stereocenters. The summed E-state index contributed by atoms with van der Waals surface area (Å²) in [6.45, 7) is 1.05. The molecule has 0 aromatic carbocycles. The van der Waals surface area contributed by atoms with Crippen molar-refractivity contribution in [2.45, 2.75) is 19.3 Å². The highest BCUT2D eigenvalue weighted by atomic mass is 14.9. The Morgan fingerprint density at radius 2 is 1.89 bits per heavy atom. The summed E-state index contributed by atoms with van der Waals surface area (Å²) in [6, 6.07) is 4.05. The van der Waals surface area contributed by atoms with E-state index in [4.69, 9.17) is 7.85 Å². The molecule has 0 bridgehead atoms. The van der Waals surface area contributed by atoms with Crippen LogP contribution in [0.15, 0.2) is 24.5 Å². The Balaban J connectivity index is 2.30. The second-order valence-electron chi connectivity index (χ2n) is 2.06. The van der Waals surface area contributed by atoms with Gasteiger partial charge in [-0.05, 0) is 18.6 Å². The maximum Gasteiger partial charge on any atom is 0.0653 e. The highest BCUT2D eigenvalue weighted by Gasteiger charge is 1.84. The lowest BCUT2D eigenvalue weighted by molar-refractivity contribution is 0.683. The largest absolute Gasteiger partial charge is 0.354 e. The van der Waals surface area contributed by atoms with Crippen molar-refractivity contribution in [3.63, 3.8) is 0 Å². The molecule has 1 rings (SSSR count). The van der Waals surface area contributed by atoms with Gasteiger partial charge in [-0.15, -0.1) is 0 Å². The van der Waals surface area contributed by atoms with E-state index in [1.54, 1.807) is 0 Å². The van der Waals surface area contributed by atoms with Crippen molar-refractivity contribution in [2.24, 2.45) is 0 Å². The highest BCUT2D eigenvalue weighted by Crippen LogP contribution is 1.94. The fourth-order valence-electron chi connectivity index (χ4n) is 0.793. The van der Waals surface area contributed by atoms with Crippen LogP contribution in [-0.4, -0.2) is 12.4 Å². The highest BCUT2D eigenvalue weighted by molar-refractivity contribution is 6.08. The van der Waals surface area contributed by atoms with Gasteiger partial charge < -0.3 is 4.57 Å². The molecule has 0 unspecified atom stereocenters. The van der Waals surface area contributed by atoms with Crippen LogP contribution in [0.5, 0.6) is 0 Å². The molecule has 0 saturated heterocycles. The monoisotopic (exact) mass is 119 g/mol. The van der Waals surface area contributed by atoms with Gasteiger partial charge >= 0.3 is 0 Å². The molecule has 1 nitrogen and oxygen atoms in total. The van der Waals surface area contributed by atoms with Crippen LogP contribution in [0, 0.1) is 0 Å². The van der Waals surface area contributed by atoms with E-state index in [2.05, 4.69) is 17.0 Å². The zero-order chi connectivity index (χ0) is 6.53. The zero-order valence-corrected chi connectivity index (χ0v) is 5.46. The van der Waals surface area contributed by atoms with Crippen molar-refractivity contribution in [1.82, 2.24) is 4.57 Å². The van der Waals surface area contributed by atoms with E-state index in [1.807, 2.05) is 12.1 Å². The number of aromatic nitrogens is 1. The van der Waals surface area contributed by atoms with Crippen LogP contribution in [-0.2, 0) is 6.54 Å². The third-order valence-corrected chi connectivity index (χ3v) is 1.29. The summed E-state index contributed by atoms with van der Waals surface area (Å²) in [5, 5.41) is 0. The normalized spacial score (nSPS) is 9.78. The van der Waals surface area contributed by atoms with Gasteiger partial charge in [-0.3, -0.25) is 0 Å². The summed E-state index contributed by atoms with van der Waals surface area (Å²) in [7, 11) is 5.33. The Morgan fingerprint density at radius 3 is 2.44 bits per heavy atom. The Bertz CT molecular complexity index is 146. The van der Waals surface area contributed by atoms with Crippen molar-refractivity contribution in [2.75, 3.05) is 0 Å². The van der Waals surface area contributed by atoms with Gasteiger partial charge in [0.2, 0.25) is 0 Å². The van der Waals surface area contributed by atoms with Crippen LogP contribution in [0.1, 0.15) is 6.42 Å². The first kappa shape index (κ1) is 6.46. The number of aryl methyl sites for hydroxylation is 1. The first-order valence-electron chi connectivity index (χ1n) is 3.24. The second kappa shape index (κ2) is 3.39. The van der Waals surface area contributed by atoms with Gasteiger partial charge in [0.25, 0.3) is 0 Å². The first-order chi connectivity index (χ1) is 4.43. The molecule has 0 aliphatic heterocycles. The number of hydrogen-bond acceptors (Lipinski definition) is 0. The molecule has 0 N–H and O–H groups in total. The fourth-order valence-corrected chi connectivity index (χ4v) is 0.793. The smallest absolute Gasteiger partial charge is 0.0653 e. The zero-order valence-electron chi connectivity index (χ0n) is 5.46. The van der Waals surface area contributed by atoms with E-state index in [9.17, 15) is 0 Å². The molecule has 0 amide bonds. The van der Waals surface area contributed by atoms with E-state index < -0.39 is 0 Å². The van der Waals surface area contributed by atoms with Crippen LogP contribution in [0.2, 0.25) is 6.32 Å². The van der Waals surface area contributed by atoms with E-state index in [0.29, 0.717) is 0 Å². The SMILES string of the molecule is [B]CCCn1cccc1. The summed E-state index contributed by atoms with van der Waals surface area (Å²) in [6.07, 6.45) is 5.94. The van der Waals surface area contributed by atoms with Gasteiger partial charge in [-0.1, -0.05) is 6.32 Å². The average molecular weight is 119 g/mol. The van der Waals surface area contributed by atoms with E-state index in [0.717, 1.165) is 19.3 Å². The van der Waals surface area contributed by atoms with Gasteiger partial charge in [0.1, 0.15) is 0 Å². The van der Waals surface area contributed by atoms with E-state index >= 15 is 0 Å². The third kappa shape index (κ3) is 1.96. The first-order valence-corrected chi connectivity index (χ1v) is 3.24. The van der Waals surface area contributed by atoms with Gasteiger partial charge in [0, 0.05) is 18.9 Å². The van der Waals surface area contributed by atoms with Gasteiger partial charge in [-0.25, -0.2) is 0 Å². The molecule has 0 aliphatic rings. The van der Waals surface area contributed by atoms with Crippen molar-refractivity contribution in [3.05, 3.63) is 24.5 Å². The number of nitrogens with zero attached hydrogens (tertiary/aromatic N) is 1. The minimum absolute atomic E-state index is 0.776. The molecule has 0 fully saturated rings. The fraction of sp³-hybridized carbons (Fsp3) is 0.429. The van der Waals surface area contributed by atoms with Crippen molar-refractivity contribution in [3.8, 4) is 0 Å². The molecule has 0 saturated carbocycles. The van der Waals surface area contributed by atoms with E-state index in [-0.39, 0.29) is 0 Å². The van der Waals surface area contributed by atoms with Gasteiger partial charge in [0.15, 0.2) is 0 Å². The molecule has 2 heteroatoms. The maximum atomic E-state index is 5.33. The summed E-state index contributed by atoms with van der Waals surface area (Å²) in [5.41, 5.74) is 0. The average Bonchev–Trinajstić information content (AvgIpc) is 2.34. The lowest BCUT2D eigenvalue weighted by atomic mass is 10.0. The van der Waals surface area contributed by atoms with Crippen LogP contribution >= 0.6 is 0 Å². The number of rotatable bonds is 3. The van der Waals surface area contributed by atoms with Crippen molar-refractivity contribution in [1.29, 1.82) is 0 Å². The Morgan fingerprint density at radius 1 is 1.22 bits per heavy atom. The molecular formula is C7H10BN. The second-order valence-corrected chi connectivity index (χ2v) is 2.06. The van der Waals surface area contributed by atoms with Gasteiger partial charge in [0.05, 0.1) is 7.85 Å². The number of hydrogen-bond donors (Lipinski definition) is 0. The third-order valence-electron chi connectivity index (χ3n) is 1.29. The van der Waals surface area contributed by atoms with E-state index in [1.165, 1.54) is 0 Å².